The van der Waals surface area contributed by atoms with E-state index in [0.717, 1.165) is 189 Å². The van der Waals surface area contributed by atoms with E-state index in [4.69, 9.17) is 8.83 Å². The standard InChI is InChI=1S/C132H108BN3O2/c1-129(2,3)97-59-63-115-111(75-97)112-76-98(130(4,5)6)60-64-116(112)135(115)101-81-119-127-120(82-101)136(128-107(87-45-27-17-28-46-87)77-99(131(7,8)9)78-108(128)88-47-29-18-30-48-88)118-74-90(96-71-93(85-41-23-15-24-42-85)68-94(72-96)86-43-25-16-26-44-86)57-61-113(118)133(127)114-73-89(95-69-91(83-37-19-13-20-38-83)67-92(70-95)84-39-21-14-22-40-84)58-62-117(114)134(119)66-65-102-109(103-51-35-55-123-125(103)105-49-31-33-53-121(105)137-123)79-100(132(10,11)12)80-110(102)104-52-36-56-124-126(104)106-50-32-34-54-122(106)138-124/h13-64,67-82H,65-66H2,1-12H3. The predicted molar refractivity (Wildman–Crippen MR) is 587 cm³/mol. The third-order valence-corrected chi connectivity index (χ3v) is 29.3. The highest BCUT2D eigenvalue weighted by Crippen LogP contribution is 2.55. The summed E-state index contributed by atoms with van der Waals surface area (Å²) in [5.74, 6) is 0. The predicted octanol–water partition coefficient (Wildman–Crippen LogP) is 34.4. The molecule has 5 nitrogen and oxygen atoms in total. The van der Waals surface area contributed by atoms with Gasteiger partial charge in [-0.05, 0) is 294 Å². The molecular weight excluding hydrogens is 1670 g/mol. The number of hydrogen-bond acceptors (Lipinski definition) is 4. The van der Waals surface area contributed by atoms with Gasteiger partial charge in [-0.1, -0.05) is 374 Å². The highest BCUT2D eigenvalue weighted by molar-refractivity contribution is 7.00. The second kappa shape index (κ2) is 33.1. The quantitative estimate of drug-likeness (QED) is 0.0959. The van der Waals surface area contributed by atoms with Crippen LogP contribution in [-0.2, 0) is 28.1 Å². The van der Waals surface area contributed by atoms with Gasteiger partial charge in [-0.2, -0.15) is 0 Å². The van der Waals surface area contributed by atoms with Crippen LogP contribution in [0.3, 0.4) is 0 Å². The van der Waals surface area contributed by atoms with Crippen LogP contribution in [-0.4, -0.2) is 17.8 Å². The van der Waals surface area contributed by atoms with Crippen LogP contribution in [0.1, 0.15) is 111 Å². The average molecular weight is 1780 g/mol. The van der Waals surface area contributed by atoms with Crippen LogP contribution in [0, 0.1) is 0 Å². The Morgan fingerprint density at radius 3 is 1.04 bits per heavy atom. The zero-order valence-electron chi connectivity index (χ0n) is 80.4. The Hall–Kier alpha value is -15.8. The molecule has 6 heteroatoms. The fourth-order valence-electron chi connectivity index (χ4n) is 22.1. The van der Waals surface area contributed by atoms with E-state index in [1.54, 1.807) is 0 Å². The molecule has 0 unspecified atom stereocenters. The maximum Gasteiger partial charge on any atom is 0.252 e. The normalized spacial score (nSPS) is 12.8. The molecule has 5 heterocycles. The van der Waals surface area contributed by atoms with Crippen molar-refractivity contribution in [3.8, 4) is 117 Å². The molecule has 2 aliphatic heterocycles. The Labute approximate surface area is 809 Å². The number of rotatable bonds is 15. The minimum absolute atomic E-state index is 0.142. The summed E-state index contributed by atoms with van der Waals surface area (Å²) in [6.07, 6.45) is 0.597. The van der Waals surface area contributed by atoms with E-state index in [0.29, 0.717) is 13.0 Å². The van der Waals surface area contributed by atoms with E-state index in [2.05, 4.69) is 510 Å². The summed E-state index contributed by atoms with van der Waals surface area (Å²) < 4.78 is 16.6. The molecular formula is C132H108BN3O2. The molecule has 0 saturated heterocycles. The Bertz CT molecular complexity index is 8210. The van der Waals surface area contributed by atoms with Crippen LogP contribution >= 0.6 is 0 Å². The van der Waals surface area contributed by atoms with E-state index < -0.39 is 0 Å². The molecule has 0 fully saturated rings. The van der Waals surface area contributed by atoms with Crippen LogP contribution in [0.4, 0.5) is 28.4 Å². The summed E-state index contributed by atoms with van der Waals surface area (Å²) in [4.78, 5) is 5.55. The molecule has 138 heavy (non-hydrogen) atoms. The number of anilines is 5. The van der Waals surface area contributed by atoms with Gasteiger partial charge in [0.1, 0.15) is 22.3 Å². The third-order valence-electron chi connectivity index (χ3n) is 29.3. The summed E-state index contributed by atoms with van der Waals surface area (Å²) in [7, 11) is 0. The summed E-state index contributed by atoms with van der Waals surface area (Å²) in [6.45, 7) is 28.5. The van der Waals surface area contributed by atoms with E-state index in [1.165, 1.54) is 66.1 Å². The number of nitrogens with zero attached hydrogens (tertiary/aromatic N) is 3. The lowest BCUT2D eigenvalue weighted by molar-refractivity contribution is 0.590. The molecule has 666 valence electrons. The average Bonchev–Trinajstić information content (AvgIpc) is 0.885. The lowest BCUT2D eigenvalue weighted by Gasteiger charge is -2.46. The lowest BCUT2D eigenvalue weighted by Crippen LogP contribution is -2.62. The molecule has 24 rings (SSSR count). The van der Waals surface area contributed by atoms with Gasteiger partial charge in [0.15, 0.2) is 0 Å². The van der Waals surface area contributed by atoms with E-state index >= 15 is 0 Å². The minimum Gasteiger partial charge on any atom is -0.456 e. The van der Waals surface area contributed by atoms with E-state index in [9.17, 15) is 0 Å². The van der Waals surface area contributed by atoms with Crippen molar-refractivity contribution in [3.63, 3.8) is 0 Å². The largest absolute Gasteiger partial charge is 0.456 e. The number of benzene rings is 19. The lowest BCUT2D eigenvalue weighted by atomic mass is 9.33. The van der Waals surface area contributed by atoms with Gasteiger partial charge in [0, 0.05) is 72.7 Å². The highest BCUT2D eigenvalue weighted by atomic mass is 16.3. The molecule has 0 N–H and O–H groups in total. The second-order valence-corrected chi connectivity index (χ2v) is 42.2. The van der Waals surface area contributed by atoms with Gasteiger partial charge in [0.2, 0.25) is 0 Å². The maximum atomic E-state index is 6.96. The van der Waals surface area contributed by atoms with Crippen LogP contribution < -0.4 is 26.2 Å². The zero-order chi connectivity index (χ0) is 93.8. The van der Waals surface area contributed by atoms with Gasteiger partial charge >= 0.3 is 0 Å². The molecule has 0 amide bonds. The first-order chi connectivity index (χ1) is 66.9. The van der Waals surface area contributed by atoms with Crippen molar-refractivity contribution in [2.45, 2.75) is 111 Å². The summed E-state index contributed by atoms with van der Waals surface area (Å²) in [6, 6.07) is 157. The topological polar surface area (TPSA) is 37.7 Å². The summed E-state index contributed by atoms with van der Waals surface area (Å²) in [5.41, 5.74) is 44.3. The first-order valence-electron chi connectivity index (χ1n) is 48.9. The number of aromatic nitrogens is 1. The third kappa shape index (κ3) is 14.9. The molecule has 0 aliphatic carbocycles. The van der Waals surface area contributed by atoms with Crippen LogP contribution in [0.2, 0.25) is 0 Å². The van der Waals surface area contributed by atoms with Gasteiger partial charge < -0.3 is 23.2 Å². The molecule has 0 bridgehead atoms. The molecule has 19 aromatic carbocycles. The Kier molecular flexibility index (Phi) is 20.4. The Morgan fingerprint density at radius 2 is 0.609 bits per heavy atom. The number of fused-ring (bicyclic) bond motifs is 13. The van der Waals surface area contributed by atoms with Crippen molar-refractivity contribution in [2.75, 3.05) is 16.3 Å². The number of hydrogen-bond donors (Lipinski definition) is 0. The smallest absolute Gasteiger partial charge is 0.252 e. The SMILES string of the molecule is CC(C)(C)c1cc(-c2cccc3oc4ccccc4c23)c(CCN2c3ccc(-c4cc(-c5ccccc5)cc(-c5ccccc5)c4)cc3B3c4ccc(-c5cc(-c6ccccc6)cc(-c6ccccc6)c5)cc4N(c4c(-c5ccccc5)cc(C(C)(C)C)cc4-c4ccccc4)c4cc(-n5c6ccc(C(C)(C)C)cc6c6cc(C(C)(C)C)ccc65)cc2c43)c(-c2cccc3oc4ccccc4c23)c1. The Morgan fingerprint density at radius 1 is 0.239 bits per heavy atom. The van der Waals surface area contributed by atoms with E-state index in [1.807, 2.05) is 0 Å². The molecule has 0 spiro atoms. The maximum absolute atomic E-state index is 6.96. The summed E-state index contributed by atoms with van der Waals surface area (Å²) in [5, 5.41) is 6.82. The van der Waals surface area contributed by atoms with E-state index in [-0.39, 0.29) is 28.4 Å². The molecule has 0 atom stereocenters. The van der Waals surface area contributed by atoms with Crippen molar-refractivity contribution in [1.82, 2.24) is 4.57 Å². The first kappa shape index (κ1) is 85.2. The molecule has 2 aliphatic rings. The van der Waals surface area contributed by atoms with Gasteiger partial charge in [-0.25, -0.2) is 0 Å². The van der Waals surface area contributed by atoms with Crippen LogP contribution in [0.15, 0.2) is 421 Å². The van der Waals surface area contributed by atoms with Gasteiger partial charge in [0.05, 0.1) is 22.4 Å². The van der Waals surface area contributed by atoms with Crippen LogP contribution in [0.5, 0.6) is 0 Å². The molecule has 3 aromatic heterocycles. The molecule has 0 radical (unpaired) electrons. The van der Waals surface area contributed by atoms with Crippen LogP contribution in [0.25, 0.3) is 183 Å². The number of furan rings is 2. The van der Waals surface area contributed by atoms with Crippen molar-refractivity contribution in [3.05, 3.63) is 440 Å². The zero-order valence-corrected chi connectivity index (χ0v) is 80.4. The first-order valence-corrected chi connectivity index (χ1v) is 48.9. The van der Waals surface area contributed by atoms with Gasteiger partial charge in [0.25, 0.3) is 6.71 Å². The highest BCUT2D eigenvalue weighted by Gasteiger charge is 2.46. The second-order valence-electron chi connectivity index (χ2n) is 42.2. The monoisotopic (exact) mass is 1780 g/mol. The minimum atomic E-state index is -0.357. The van der Waals surface area contributed by atoms with Crippen molar-refractivity contribution in [2.24, 2.45) is 0 Å². The van der Waals surface area contributed by atoms with Gasteiger partial charge in [-0.15, -0.1) is 0 Å². The fourth-order valence-corrected chi connectivity index (χ4v) is 22.1. The van der Waals surface area contributed by atoms with Crippen molar-refractivity contribution in [1.29, 1.82) is 0 Å². The Balaban J connectivity index is 0.859. The summed E-state index contributed by atoms with van der Waals surface area (Å²) >= 11 is 0. The van der Waals surface area contributed by atoms with Crippen molar-refractivity contribution >= 4 is 117 Å². The van der Waals surface area contributed by atoms with Gasteiger partial charge in [-0.3, -0.25) is 0 Å². The molecule has 0 saturated carbocycles. The number of para-hydroxylation sites is 2. The van der Waals surface area contributed by atoms with Crippen molar-refractivity contribution < 1.29 is 8.83 Å². The fraction of sp³-hybridized carbons (Fsp3) is 0.136. The molecule has 22 aromatic rings.